The fraction of sp³-hybridized carbons (Fsp3) is 0.714. The van der Waals surface area contributed by atoms with Crippen molar-refractivity contribution < 1.29 is 19.1 Å². The Hall–Kier alpha value is -1.84. The fourth-order valence-electron chi connectivity index (χ4n) is 8.09. The minimum Gasteiger partial charge on any atom is -0.458 e. The summed E-state index contributed by atoms with van der Waals surface area (Å²) in [7, 11) is 0. The lowest BCUT2D eigenvalue weighted by Crippen LogP contribution is -2.53. The lowest BCUT2D eigenvalue weighted by molar-refractivity contribution is -0.180. The summed E-state index contributed by atoms with van der Waals surface area (Å²) in [6, 6.07) is 6.32. The number of hydrogen-bond acceptors (Lipinski definition) is 4. The van der Waals surface area contributed by atoms with Crippen molar-refractivity contribution in [3.05, 3.63) is 29.3 Å². The molecule has 3 saturated carbocycles. The molecular weight excluding hydrogens is 400 g/mol. The Morgan fingerprint density at radius 2 is 1.62 bits per heavy atom. The summed E-state index contributed by atoms with van der Waals surface area (Å²) in [6.07, 6.45) is 8.95. The summed E-state index contributed by atoms with van der Waals surface area (Å²) in [5.74, 6) is 1.51. The number of ether oxygens (including phenoxy) is 2. The molecule has 3 fully saturated rings. The smallest absolute Gasteiger partial charge is 0.313 e. The third kappa shape index (κ3) is 2.86. The Balaban J connectivity index is 1.43. The highest BCUT2D eigenvalue weighted by Gasteiger charge is 2.75. The monoisotopic (exact) mass is 438 g/mol. The normalized spacial score (nSPS) is 37.1. The maximum absolute atomic E-state index is 12.6. The molecule has 0 radical (unpaired) electrons. The van der Waals surface area contributed by atoms with E-state index < -0.39 is 0 Å². The Morgan fingerprint density at radius 1 is 0.938 bits per heavy atom. The highest BCUT2D eigenvalue weighted by atomic mass is 16.6. The highest BCUT2D eigenvalue weighted by molar-refractivity contribution is 5.74. The number of benzene rings is 1. The van der Waals surface area contributed by atoms with E-state index in [9.17, 15) is 9.59 Å². The number of carbonyl (C=O) groups is 2. The third-order valence-corrected chi connectivity index (χ3v) is 9.90. The third-order valence-electron chi connectivity index (χ3n) is 9.90. The zero-order valence-corrected chi connectivity index (χ0v) is 20.3. The van der Waals surface area contributed by atoms with Crippen LogP contribution in [0.15, 0.2) is 18.2 Å². The van der Waals surface area contributed by atoms with Crippen LogP contribution in [0, 0.1) is 28.6 Å². The standard InChI is InChI=1S/C28H38O4/c1-17(2)24(29)31-20-7-8-21-19(16-20)6-9-23-22(21)10-11-26(5)27(23)12-14-28(26,15-13-27)32-25(30)18(3)4/h7-8,16-18,22-23H,6,9-15H2,1-5H3/t22-,23-,26+,27?,28?/m1/s1. The molecule has 0 heterocycles. The first kappa shape index (κ1) is 22.0. The molecule has 0 saturated heterocycles. The second-order valence-corrected chi connectivity index (χ2v) is 11.8. The number of carbonyl (C=O) groups excluding carboxylic acids is 2. The molecule has 4 aliphatic rings. The number of fused-ring (bicyclic) bond motifs is 3. The topological polar surface area (TPSA) is 52.6 Å². The van der Waals surface area contributed by atoms with Gasteiger partial charge < -0.3 is 9.47 Å². The Kier molecular flexibility index (Phi) is 5.04. The van der Waals surface area contributed by atoms with Crippen molar-refractivity contribution in [3.8, 4) is 5.75 Å². The second kappa shape index (κ2) is 7.33. The van der Waals surface area contributed by atoms with E-state index in [0.717, 1.165) is 32.1 Å². The summed E-state index contributed by atoms with van der Waals surface area (Å²) in [6.45, 7) is 10.1. The minimum atomic E-state index is -0.255. The second-order valence-electron chi connectivity index (χ2n) is 11.8. The van der Waals surface area contributed by atoms with E-state index in [0.29, 0.717) is 17.6 Å². The maximum atomic E-state index is 12.6. The first-order chi connectivity index (χ1) is 15.1. The molecule has 4 nitrogen and oxygen atoms in total. The van der Waals surface area contributed by atoms with Gasteiger partial charge in [-0.05, 0) is 91.9 Å². The molecule has 2 bridgehead atoms. The van der Waals surface area contributed by atoms with Gasteiger partial charge in [0.25, 0.3) is 0 Å². The van der Waals surface area contributed by atoms with Crippen molar-refractivity contribution in [2.24, 2.45) is 28.6 Å². The lowest BCUT2D eigenvalue weighted by atomic mass is 9.48. The Bertz CT molecular complexity index is 937. The molecule has 3 atom stereocenters. The minimum absolute atomic E-state index is 0.0245. The van der Waals surface area contributed by atoms with E-state index >= 15 is 0 Å². The van der Waals surface area contributed by atoms with Crippen LogP contribution in [-0.2, 0) is 20.7 Å². The zero-order valence-electron chi connectivity index (χ0n) is 20.3. The molecule has 0 amide bonds. The van der Waals surface area contributed by atoms with Crippen LogP contribution in [-0.4, -0.2) is 17.5 Å². The van der Waals surface area contributed by atoms with E-state index in [-0.39, 0.29) is 40.2 Å². The predicted molar refractivity (Wildman–Crippen MR) is 123 cm³/mol. The molecular formula is C28H38O4. The van der Waals surface area contributed by atoms with Crippen LogP contribution in [0.2, 0.25) is 0 Å². The van der Waals surface area contributed by atoms with Gasteiger partial charge in [-0.25, -0.2) is 0 Å². The summed E-state index contributed by atoms with van der Waals surface area (Å²) in [5, 5.41) is 0. The Morgan fingerprint density at radius 3 is 2.28 bits per heavy atom. The molecule has 4 aliphatic carbocycles. The van der Waals surface area contributed by atoms with Gasteiger partial charge in [0.1, 0.15) is 11.4 Å². The van der Waals surface area contributed by atoms with Gasteiger partial charge in [0.2, 0.25) is 0 Å². The van der Waals surface area contributed by atoms with Gasteiger partial charge in [-0.15, -0.1) is 0 Å². The molecule has 1 aromatic rings. The van der Waals surface area contributed by atoms with Gasteiger partial charge in [-0.2, -0.15) is 0 Å². The van der Waals surface area contributed by atoms with E-state index in [1.807, 2.05) is 33.8 Å². The highest BCUT2D eigenvalue weighted by Crippen LogP contribution is 2.78. The molecule has 0 aromatic heterocycles. The average Bonchev–Trinajstić information content (AvgIpc) is 3.16. The lowest BCUT2D eigenvalue weighted by Gasteiger charge is -2.57. The zero-order chi connectivity index (χ0) is 22.9. The molecule has 32 heavy (non-hydrogen) atoms. The van der Waals surface area contributed by atoms with Crippen LogP contribution in [0.4, 0.5) is 0 Å². The molecule has 0 unspecified atom stereocenters. The van der Waals surface area contributed by atoms with Crippen LogP contribution in [0.3, 0.4) is 0 Å². The number of esters is 2. The van der Waals surface area contributed by atoms with E-state index in [4.69, 9.17) is 9.47 Å². The molecule has 0 spiro atoms. The van der Waals surface area contributed by atoms with Crippen molar-refractivity contribution >= 4 is 11.9 Å². The van der Waals surface area contributed by atoms with Crippen LogP contribution in [0.25, 0.3) is 0 Å². The van der Waals surface area contributed by atoms with Crippen LogP contribution in [0.5, 0.6) is 5.75 Å². The number of aryl methyl sites for hydroxylation is 1. The Labute approximate surface area is 192 Å². The number of rotatable bonds is 4. The van der Waals surface area contributed by atoms with Crippen molar-refractivity contribution in [2.45, 2.75) is 97.5 Å². The first-order valence-electron chi connectivity index (χ1n) is 12.7. The summed E-state index contributed by atoms with van der Waals surface area (Å²) >= 11 is 0. The molecule has 0 N–H and O–H groups in total. The van der Waals surface area contributed by atoms with Gasteiger partial charge in [0.15, 0.2) is 0 Å². The van der Waals surface area contributed by atoms with Crippen LogP contribution >= 0.6 is 0 Å². The molecule has 0 aliphatic heterocycles. The van der Waals surface area contributed by atoms with Gasteiger partial charge in [-0.1, -0.05) is 40.7 Å². The number of hydrogen-bond donors (Lipinski definition) is 0. The summed E-state index contributed by atoms with van der Waals surface area (Å²) in [5.41, 5.74) is 2.94. The van der Waals surface area contributed by atoms with Crippen molar-refractivity contribution in [1.82, 2.24) is 0 Å². The van der Waals surface area contributed by atoms with Gasteiger partial charge in [-0.3, -0.25) is 9.59 Å². The molecule has 5 rings (SSSR count). The summed E-state index contributed by atoms with van der Waals surface area (Å²) in [4.78, 5) is 24.7. The van der Waals surface area contributed by atoms with Crippen molar-refractivity contribution in [3.63, 3.8) is 0 Å². The van der Waals surface area contributed by atoms with Crippen molar-refractivity contribution in [2.75, 3.05) is 0 Å². The van der Waals surface area contributed by atoms with E-state index in [1.54, 1.807) is 0 Å². The molecule has 174 valence electrons. The van der Waals surface area contributed by atoms with Gasteiger partial charge in [0.05, 0.1) is 11.8 Å². The van der Waals surface area contributed by atoms with Crippen LogP contribution in [0.1, 0.15) is 96.6 Å². The van der Waals surface area contributed by atoms with E-state index in [2.05, 4.69) is 19.1 Å². The summed E-state index contributed by atoms with van der Waals surface area (Å²) < 4.78 is 11.9. The fourth-order valence-corrected chi connectivity index (χ4v) is 8.09. The van der Waals surface area contributed by atoms with Gasteiger partial charge in [0, 0.05) is 5.41 Å². The van der Waals surface area contributed by atoms with Crippen LogP contribution < -0.4 is 4.74 Å². The van der Waals surface area contributed by atoms with E-state index in [1.165, 1.54) is 30.4 Å². The SMILES string of the molecule is CC(C)C(=O)Oc1ccc2c(c1)CC[C@@H]1[C@@H]2CC[C@]2(C)C3(OC(=O)C(C)C)CCC12CC3. The predicted octanol–water partition coefficient (Wildman–Crippen LogP) is 6.21. The maximum Gasteiger partial charge on any atom is 0.313 e. The quantitative estimate of drug-likeness (QED) is 0.414. The first-order valence-corrected chi connectivity index (χ1v) is 12.7. The molecule has 4 heteroatoms. The molecule has 1 aromatic carbocycles. The van der Waals surface area contributed by atoms with Crippen molar-refractivity contribution in [1.29, 1.82) is 0 Å². The largest absolute Gasteiger partial charge is 0.458 e. The average molecular weight is 439 g/mol. The van der Waals surface area contributed by atoms with Gasteiger partial charge >= 0.3 is 11.9 Å².